The third-order valence-electron chi connectivity index (χ3n) is 8.08. The number of rotatable bonds is 32. The van der Waals surface area contributed by atoms with Crippen LogP contribution in [-0.4, -0.2) is 23.1 Å². The average molecular weight is 553 g/mol. The van der Waals surface area contributed by atoms with Gasteiger partial charge in [0.1, 0.15) is 6.10 Å². The van der Waals surface area contributed by atoms with E-state index in [1.165, 1.54) is 116 Å². The Balaban J connectivity index is 4.03. The van der Waals surface area contributed by atoms with E-state index in [2.05, 4.69) is 13.8 Å². The first-order chi connectivity index (χ1) is 19.1. The van der Waals surface area contributed by atoms with Gasteiger partial charge >= 0.3 is 11.9 Å². The van der Waals surface area contributed by atoms with E-state index in [9.17, 15) is 9.59 Å². The van der Waals surface area contributed by atoms with Crippen molar-refractivity contribution in [2.24, 2.45) is 0 Å². The Hall–Kier alpha value is -1.06. The molecular weight excluding hydrogens is 484 g/mol. The van der Waals surface area contributed by atoms with Crippen molar-refractivity contribution in [1.82, 2.24) is 0 Å². The summed E-state index contributed by atoms with van der Waals surface area (Å²) in [6, 6.07) is 0. The molecule has 0 aliphatic heterocycles. The summed E-state index contributed by atoms with van der Waals surface area (Å²) in [6.07, 6.45) is 35.4. The molecule has 1 unspecified atom stereocenters. The molecule has 0 heterocycles. The molecule has 0 aliphatic carbocycles. The van der Waals surface area contributed by atoms with Gasteiger partial charge in [-0.05, 0) is 38.5 Å². The molecule has 0 aromatic heterocycles. The number of carboxylic acid groups (broad SMARTS) is 1. The van der Waals surface area contributed by atoms with E-state index in [-0.39, 0.29) is 18.5 Å². The first-order valence-electron chi connectivity index (χ1n) is 17.5. The van der Waals surface area contributed by atoms with Crippen molar-refractivity contribution in [1.29, 1.82) is 0 Å². The second-order valence-electron chi connectivity index (χ2n) is 12.1. The van der Waals surface area contributed by atoms with Gasteiger partial charge in [-0.2, -0.15) is 0 Å². The highest BCUT2D eigenvalue weighted by molar-refractivity contribution is 5.69. The Bertz CT molecular complexity index is 519. The molecule has 1 atom stereocenters. The van der Waals surface area contributed by atoms with Crippen molar-refractivity contribution < 1.29 is 19.4 Å². The second-order valence-corrected chi connectivity index (χ2v) is 12.1. The van der Waals surface area contributed by atoms with E-state index in [0.717, 1.165) is 64.2 Å². The fourth-order valence-corrected chi connectivity index (χ4v) is 5.48. The number of ether oxygens (including phenoxy) is 1. The van der Waals surface area contributed by atoms with Crippen molar-refractivity contribution in [2.75, 3.05) is 0 Å². The predicted molar refractivity (Wildman–Crippen MR) is 167 cm³/mol. The van der Waals surface area contributed by atoms with Gasteiger partial charge in [-0.15, -0.1) is 0 Å². The van der Waals surface area contributed by atoms with E-state index >= 15 is 0 Å². The summed E-state index contributed by atoms with van der Waals surface area (Å²) in [5, 5.41) is 8.78. The van der Waals surface area contributed by atoms with Gasteiger partial charge in [0, 0.05) is 12.8 Å². The van der Waals surface area contributed by atoms with Crippen LogP contribution >= 0.6 is 0 Å². The van der Waals surface area contributed by atoms with Gasteiger partial charge in [0.15, 0.2) is 0 Å². The van der Waals surface area contributed by atoms with Crippen LogP contribution in [0.15, 0.2) is 0 Å². The van der Waals surface area contributed by atoms with E-state index < -0.39 is 5.97 Å². The summed E-state index contributed by atoms with van der Waals surface area (Å²) in [7, 11) is 0. The van der Waals surface area contributed by atoms with Crippen LogP contribution < -0.4 is 0 Å². The van der Waals surface area contributed by atoms with Crippen molar-refractivity contribution >= 4 is 11.9 Å². The Morgan fingerprint density at radius 2 is 0.769 bits per heavy atom. The molecule has 0 bridgehead atoms. The quantitative estimate of drug-likeness (QED) is 0.0665. The van der Waals surface area contributed by atoms with Gasteiger partial charge in [-0.1, -0.05) is 155 Å². The van der Waals surface area contributed by atoms with Crippen LogP contribution in [0.5, 0.6) is 0 Å². The van der Waals surface area contributed by atoms with E-state index in [1.807, 2.05) is 0 Å². The smallest absolute Gasteiger partial charge is 0.306 e. The number of carbonyl (C=O) groups excluding carboxylic acids is 1. The molecule has 0 amide bonds. The van der Waals surface area contributed by atoms with Crippen LogP contribution in [0.1, 0.15) is 206 Å². The van der Waals surface area contributed by atoms with Crippen LogP contribution in [-0.2, 0) is 14.3 Å². The number of hydrogen-bond acceptors (Lipinski definition) is 3. The largest absolute Gasteiger partial charge is 0.481 e. The monoisotopic (exact) mass is 553 g/mol. The number of carboxylic acids is 1. The van der Waals surface area contributed by atoms with Crippen LogP contribution in [0.25, 0.3) is 0 Å². The summed E-state index contributed by atoms with van der Waals surface area (Å²) < 4.78 is 5.97. The van der Waals surface area contributed by atoms with Crippen molar-refractivity contribution in [2.45, 2.75) is 213 Å². The number of unbranched alkanes of at least 4 members (excludes halogenated alkanes) is 23. The predicted octanol–water partition coefficient (Wildman–Crippen LogP) is 11.7. The maximum Gasteiger partial charge on any atom is 0.306 e. The normalized spacial score (nSPS) is 12.1. The minimum Gasteiger partial charge on any atom is -0.481 e. The molecule has 0 rings (SSSR count). The standard InChI is InChI=1S/C35H68O4/c1-3-5-7-9-11-13-15-17-19-24-28-32-35(38)39-33(30-26-22-20-23-27-31-34(36)37)29-25-21-18-16-14-12-10-8-6-4-2/h33H,3-32H2,1-2H3,(H,36,37). The SMILES string of the molecule is CCCCCCCCCCCCCC(=O)OC(CCCCCCCCCCCC)CCCCCCCC(=O)O. The average Bonchev–Trinajstić information content (AvgIpc) is 2.91. The first kappa shape index (κ1) is 37.9. The Kier molecular flexibility index (Phi) is 30.6. The molecule has 1 N–H and O–H groups in total. The fraction of sp³-hybridized carbons (Fsp3) is 0.943. The number of hydrogen-bond donors (Lipinski definition) is 1. The van der Waals surface area contributed by atoms with Gasteiger partial charge in [0.2, 0.25) is 0 Å². The van der Waals surface area contributed by atoms with Crippen LogP contribution in [0.3, 0.4) is 0 Å². The molecule has 0 saturated heterocycles. The lowest BCUT2D eigenvalue weighted by Crippen LogP contribution is -2.18. The molecule has 0 aromatic rings. The number of esters is 1. The summed E-state index contributed by atoms with van der Waals surface area (Å²) in [5.74, 6) is -0.694. The molecule has 0 spiro atoms. The molecule has 0 fully saturated rings. The first-order valence-corrected chi connectivity index (χ1v) is 17.5. The number of aliphatic carboxylic acids is 1. The molecule has 0 saturated carbocycles. The zero-order valence-corrected chi connectivity index (χ0v) is 26.5. The highest BCUT2D eigenvalue weighted by atomic mass is 16.5. The molecule has 4 nitrogen and oxygen atoms in total. The van der Waals surface area contributed by atoms with Crippen molar-refractivity contribution in [3.63, 3.8) is 0 Å². The summed E-state index contributed by atoms with van der Waals surface area (Å²) >= 11 is 0. The van der Waals surface area contributed by atoms with Gasteiger partial charge in [-0.3, -0.25) is 9.59 Å². The van der Waals surface area contributed by atoms with Gasteiger partial charge in [0.25, 0.3) is 0 Å². The molecule has 0 aromatic carbocycles. The lowest BCUT2D eigenvalue weighted by atomic mass is 10.0. The molecule has 0 radical (unpaired) electrons. The van der Waals surface area contributed by atoms with Crippen LogP contribution in [0, 0.1) is 0 Å². The fourth-order valence-electron chi connectivity index (χ4n) is 5.48. The second kappa shape index (κ2) is 31.5. The van der Waals surface area contributed by atoms with Crippen LogP contribution in [0.2, 0.25) is 0 Å². The zero-order chi connectivity index (χ0) is 28.7. The molecular formula is C35H68O4. The zero-order valence-electron chi connectivity index (χ0n) is 26.5. The summed E-state index contributed by atoms with van der Waals surface area (Å²) in [4.78, 5) is 23.2. The summed E-state index contributed by atoms with van der Waals surface area (Å²) in [6.45, 7) is 4.54. The minimum absolute atomic E-state index is 0.00413. The van der Waals surface area contributed by atoms with Gasteiger partial charge < -0.3 is 9.84 Å². The molecule has 4 heteroatoms. The van der Waals surface area contributed by atoms with Crippen molar-refractivity contribution in [3.05, 3.63) is 0 Å². The highest BCUT2D eigenvalue weighted by Crippen LogP contribution is 2.19. The third kappa shape index (κ3) is 31.3. The maximum absolute atomic E-state index is 12.6. The van der Waals surface area contributed by atoms with Gasteiger partial charge in [-0.25, -0.2) is 0 Å². The maximum atomic E-state index is 12.6. The van der Waals surface area contributed by atoms with E-state index in [1.54, 1.807) is 0 Å². The molecule has 0 aliphatic rings. The molecule has 39 heavy (non-hydrogen) atoms. The number of carbonyl (C=O) groups is 2. The van der Waals surface area contributed by atoms with E-state index in [4.69, 9.17) is 9.84 Å². The Labute approximate surface area is 243 Å². The Morgan fingerprint density at radius 3 is 1.13 bits per heavy atom. The van der Waals surface area contributed by atoms with Gasteiger partial charge in [0.05, 0.1) is 0 Å². The van der Waals surface area contributed by atoms with E-state index in [0.29, 0.717) is 6.42 Å². The molecule has 232 valence electrons. The topological polar surface area (TPSA) is 63.6 Å². The van der Waals surface area contributed by atoms with Crippen LogP contribution in [0.4, 0.5) is 0 Å². The third-order valence-corrected chi connectivity index (χ3v) is 8.08. The van der Waals surface area contributed by atoms with Crippen molar-refractivity contribution in [3.8, 4) is 0 Å². The highest BCUT2D eigenvalue weighted by Gasteiger charge is 2.14. The minimum atomic E-state index is -0.698. The lowest BCUT2D eigenvalue weighted by molar-refractivity contribution is -0.150. The lowest BCUT2D eigenvalue weighted by Gasteiger charge is -2.18. The Morgan fingerprint density at radius 1 is 0.462 bits per heavy atom. The summed E-state index contributed by atoms with van der Waals surface area (Å²) in [5.41, 5.74) is 0.